The molecule has 7 nitrogen and oxygen atoms in total. The minimum Gasteiger partial charge on any atom is -0.277 e. The lowest BCUT2D eigenvalue weighted by atomic mass is 10.1. The van der Waals surface area contributed by atoms with Gasteiger partial charge in [-0.2, -0.15) is 9.40 Å². The van der Waals surface area contributed by atoms with Crippen molar-refractivity contribution in [3.8, 4) is 0 Å². The molecule has 2 aliphatic rings. The largest absolute Gasteiger partial charge is 0.343 e. The first kappa shape index (κ1) is 13.7. The zero-order valence-electron chi connectivity index (χ0n) is 11.8. The van der Waals surface area contributed by atoms with Crippen LogP contribution in [0.15, 0.2) is 40.0 Å². The molecule has 1 fully saturated rings. The fourth-order valence-electron chi connectivity index (χ4n) is 3.52. The first-order chi connectivity index (χ1) is 10.6. The van der Waals surface area contributed by atoms with Crippen molar-refractivity contribution in [2.75, 3.05) is 0 Å². The van der Waals surface area contributed by atoms with Crippen molar-refractivity contribution >= 4 is 10.0 Å². The van der Waals surface area contributed by atoms with Crippen molar-refractivity contribution in [1.82, 2.24) is 19.1 Å². The lowest BCUT2D eigenvalue weighted by Crippen LogP contribution is -2.42. The Labute approximate surface area is 127 Å². The van der Waals surface area contributed by atoms with E-state index < -0.39 is 10.0 Å². The van der Waals surface area contributed by atoms with E-state index in [0.29, 0.717) is 23.7 Å². The zero-order valence-corrected chi connectivity index (χ0v) is 12.7. The molecule has 2 atom stereocenters. The number of fused-ring (bicyclic) bond motifs is 3. The third-order valence-electron chi connectivity index (χ3n) is 4.52. The highest BCUT2D eigenvalue weighted by Crippen LogP contribution is 2.35. The monoisotopic (exact) mass is 320 g/mol. The third-order valence-corrected chi connectivity index (χ3v) is 6.54. The Hall–Kier alpha value is -1.93. The van der Waals surface area contributed by atoms with Crippen LogP contribution in [0.25, 0.3) is 0 Å². The first-order valence-corrected chi connectivity index (χ1v) is 8.74. The topological polar surface area (TPSA) is 88.1 Å². The van der Waals surface area contributed by atoms with Gasteiger partial charge in [0, 0.05) is 25.0 Å². The predicted octanol–water partition coefficient (Wildman–Crippen LogP) is 0.349. The number of aromatic nitrogens is 3. The fourth-order valence-corrected chi connectivity index (χ4v) is 5.41. The van der Waals surface area contributed by atoms with Gasteiger partial charge in [-0.05, 0) is 25.0 Å². The summed E-state index contributed by atoms with van der Waals surface area (Å²) in [6.07, 6.45) is 2.05. The van der Waals surface area contributed by atoms with Gasteiger partial charge in [0.05, 0.1) is 4.90 Å². The summed E-state index contributed by atoms with van der Waals surface area (Å²) in [6, 6.07) is 8.16. The standard InChI is InChI=1S/C14H16N4O3S/c19-14-16-15-13-8-10-6-7-11(9-17(13)14)18(10)22(20,21)12-4-2-1-3-5-12/h1-5,10-11H,6-9H2,(H,16,19)/t10-,11+/m0/s1. The van der Waals surface area contributed by atoms with Gasteiger partial charge in [0.2, 0.25) is 10.0 Å². The maximum absolute atomic E-state index is 13.0. The highest BCUT2D eigenvalue weighted by atomic mass is 32.2. The number of nitrogens with one attached hydrogen (secondary N) is 1. The highest BCUT2D eigenvalue weighted by molar-refractivity contribution is 7.89. The second-order valence-corrected chi connectivity index (χ2v) is 7.64. The summed E-state index contributed by atoms with van der Waals surface area (Å²) in [5.41, 5.74) is -0.264. The van der Waals surface area contributed by atoms with Crippen LogP contribution in [-0.4, -0.2) is 39.6 Å². The van der Waals surface area contributed by atoms with Crippen molar-refractivity contribution in [1.29, 1.82) is 0 Å². The summed E-state index contributed by atoms with van der Waals surface area (Å²) in [7, 11) is -3.55. The van der Waals surface area contributed by atoms with E-state index in [1.54, 1.807) is 39.2 Å². The lowest BCUT2D eigenvalue weighted by molar-refractivity contribution is 0.314. The lowest BCUT2D eigenvalue weighted by Gasteiger charge is -2.26. The van der Waals surface area contributed by atoms with E-state index in [1.165, 1.54) is 0 Å². The van der Waals surface area contributed by atoms with Crippen LogP contribution in [0, 0.1) is 0 Å². The van der Waals surface area contributed by atoms with E-state index in [2.05, 4.69) is 10.2 Å². The Morgan fingerprint density at radius 3 is 2.64 bits per heavy atom. The molecule has 1 aromatic carbocycles. The molecule has 0 saturated carbocycles. The summed E-state index contributed by atoms with van der Waals surface area (Å²) in [4.78, 5) is 12.1. The molecule has 0 amide bonds. The summed E-state index contributed by atoms with van der Waals surface area (Å²) in [6.45, 7) is 0.368. The maximum atomic E-state index is 13.0. The number of sulfonamides is 1. The van der Waals surface area contributed by atoms with E-state index in [4.69, 9.17) is 0 Å². The van der Waals surface area contributed by atoms with Gasteiger partial charge in [-0.25, -0.2) is 18.3 Å². The fraction of sp³-hybridized carbons (Fsp3) is 0.429. The molecule has 2 aromatic rings. The van der Waals surface area contributed by atoms with E-state index >= 15 is 0 Å². The van der Waals surface area contributed by atoms with Gasteiger partial charge in [-0.1, -0.05) is 18.2 Å². The van der Waals surface area contributed by atoms with Gasteiger partial charge in [0.15, 0.2) is 0 Å². The van der Waals surface area contributed by atoms with E-state index in [1.807, 2.05) is 0 Å². The first-order valence-electron chi connectivity index (χ1n) is 7.30. The van der Waals surface area contributed by atoms with Crippen LogP contribution in [0.5, 0.6) is 0 Å². The van der Waals surface area contributed by atoms with Crippen molar-refractivity contribution in [2.24, 2.45) is 0 Å². The summed E-state index contributed by atoms with van der Waals surface area (Å²) < 4.78 is 29.1. The molecular formula is C14H16N4O3S. The van der Waals surface area contributed by atoms with Crippen LogP contribution in [-0.2, 0) is 23.0 Å². The second kappa shape index (κ2) is 4.79. The van der Waals surface area contributed by atoms with Crippen molar-refractivity contribution in [3.63, 3.8) is 0 Å². The molecule has 2 aliphatic heterocycles. The van der Waals surface area contributed by atoms with Gasteiger partial charge < -0.3 is 0 Å². The van der Waals surface area contributed by atoms with Crippen molar-refractivity contribution in [2.45, 2.75) is 42.8 Å². The molecule has 0 unspecified atom stereocenters. The van der Waals surface area contributed by atoms with Gasteiger partial charge in [-0.15, -0.1) is 0 Å². The molecular weight excluding hydrogens is 304 g/mol. The maximum Gasteiger partial charge on any atom is 0.343 e. The number of hydrogen-bond acceptors (Lipinski definition) is 4. The van der Waals surface area contributed by atoms with Crippen LogP contribution in [0.1, 0.15) is 18.7 Å². The molecule has 116 valence electrons. The molecule has 0 radical (unpaired) electrons. The van der Waals surface area contributed by atoms with Gasteiger partial charge in [0.25, 0.3) is 0 Å². The second-order valence-electron chi connectivity index (χ2n) is 5.79. The van der Waals surface area contributed by atoms with Gasteiger partial charge in [-0.3, -0.25) is 4.57 Å². The van der Waals surface area contributed by atoms with Crippen LogP contribution < -0.4 is 5.69 Å². The van der Waals surface area contributed by atoms with Crippen LogP contribution in [0.4, 0.5) is 0 Å². The predicted molar refractivity (Wildman–Crippen MR) is 78.8 cm³/mol. The van der Waals surface area contributed by atoms with Crippen molar-refractivity contribution < 1.29 is 8.42 Å². The van der Waals surface area contributed by atoms with Crippen molar-refractivity contribution in [3.05, 3.63) is 46.6 Å². The zero-order chi connectivity index (χ0) is 15.3. The quantitative estimate of drug-likeness (QED) is 0.865. The summed E-state index contributed by atoms with van der Waals surface area (Å²) in [5, 5.41) is 6.48. The molecule has 0 spiro atoms. The Balaban J connectivity index is 1.77. The third kappa shape index (κ3) is 1.94. The van der Waals surface area contributed by atoms with Crippen LogP contribution >= 0.6 is 0 Å². The molecule has 1 saturated heterocycles. The Kier molecular flexibility index (Phi) is 2.98. The number of rotatable bonds is 2. The minimum absolute atomic E-state index is 0.133. The highest BCUT2D eigenvalue weighted by Gasteiger charge is 2.45. The summed E-state index contributed by atoms with van der Waals surface area (Å²) >= 11 is 0. The van der Waals surface area contributed by atoms with Crippen LogP contribution in [0.2, 0.25) is 0 Å². The molecule has 1 N–H and O–H groups in total. The Morgan fingerprint density at radius 1 is 1.14 bits per heavy atom. The molecule has 0 aliphatic carbocycles. The smallest absolute Gasteiger partial charge is 0.277 e. The number of hydrogen-bond donors (Lipinski definition) is 1. The number of H-pyrrole nitrogens is 1. The van der Waals surface area contributed by atoms with E-state index in [9.17, 15) is 13.2 Å². The average Bonchev–Trinajstić information content (AvgIpc) is 3.00. The SMILES string of the molecule is O=c1[nH]nc2n1C[C@H]1CC[C@@H](C2)N1S(=O)(=O)c1ccccc1. The average molecular weight is 320 g/mol. The normalized spacial score (nSPS) is 24.9. The molecule has 8 heteroatoms. The summed E-state index contributed by atoms with van der Waals surface area (Å²) in [5.74, 6) is 0.644. The number of benzene rings is 1. The van der Waals surface area contributed by atoms with Gasteiger partial charge in [0.1, 0.15) is 5.82 Å². The Morgan fingerprint density at radius 2 is 1.86 bits per heavy atom. The molecule has 3 heterocycles. The molecule has 2 bridgehead atoms. The Bertz CT molecular complexity index is 856. The van der Waals surface area contributed by atoms with E-state index in [0.717, 1.165) is 12.8 Å². The van der Waals surface area contributed by atoms with Gasteiger partial charge >= 0.3 is 5.69 Å². The minimum atomic E-state index is -3.55. The van der Waals surface area contributed by atoms with Crippen LogP contribution in [0.3, 0.4) is 0 Å². The molecule has 22 heavy (non-hydrogen) atoms. The molecule has 1 aromatic heterocycles. The van der Waals surface area contributed by atoms with E-state index in [-0.39, 0.29) is 17.8 Å². The number of nitrogens with zero attached hydrogens (tertiary/aromatic N) is 3. The number of aromatic amines is 1. The molecule has 4 rings (SSSR count).